The van der Waals surface area contributed by atoms with E-state index in [0.717, 1.165) is 29.7 Å². The molecule has 11 heteroatoms. The highest BCUT2D eigenvalue weighted by Gasteiger charge is 2.32. The van der Waals surface area contributed by atoms with Gasteiger partial charge in [-0.15, -0.1) is 0 Å². The number of hydrogen-bond acceptors (Lipinski definition) is 7. The van der Waals surface area contributed by atoms with E-state index in [4.69, 9.17) is 24.3 Å². The third-order valence-corrected chi connectivity index (χ3v) is 5.39. The maximum Gasteiger partial charge on any atom is 0.414 e. The summed E-state index contributed by atoms with van der Waals surface area (Å²) in [6.07, 6.45) is 0. The molecule has 2 aromatic carbocycles. The van der Waals surface area contributed by atoms with Crippen molar-refractivity contribution in [2.24, 2.45) is 0 Å². The van der Waals surface area contributed by atoms with Gasteiger partial charge in [0.25, 0.3) is 5.91 Å². The molecule has 3 aromatic rings. The van der Waals surface area contributed by atoms with Gasteiger partial charge in [-0.2, -0.15) is 4.98 Å². The van der Waals surface area contributed by atoms with Crippen LogP contribution in [-0.2, 0) is 16.1 Å². The normalized spacial score (nSPS) is 13.4. The molecule has 1 aromatic heterocycles. The molecule has 1 saturated heterocycles. The van der Waals surface area contributed by atoms with Crippen molar-refractivity contribution >= 4 is 33.8 Å². The molecule has 172 valence electrons. The largest absolute Gasteiger partial charge is 0.473 e. The van der Waals surface area contributed by atoms with E-state index >= 15 is 0 Å². The predicted molar refractivity (Wildman–Crippen MR) is 121 cm³/mol. The summed E-state index contributed by atoms with van der Waals surface area (Å²) in [6.45, 7) is 2.71. The van der Waals surface area contributed by atoms with Crippen LogP contribution < -0.4 is 5.32 Å². The second kappa shape index (κ2) is 10.8. The lowest BCUT2D eigenvalue weighted by molar-refractivity contribution is -0.159. The van der Waals surface area contributed by atoms with Gasteiger partial charge in [0, 0.05) is 42.3 Å². The summed E-state index contributed by atoms with van der Waals surface area (Å²) in [5.41, 5.74) is 2.64. The number of carbonyl (C=O) groups is 3. The summed E-state index contributed by atoms with van der Waals surface area (Å²) >= 11 is 3.46. The number of carboxylic acids is 2. The molecule has 1 fully saturated rings. The van der Waals surface area contributed by atoms with Crippen molar-refractivity contribution in [3.8, 4) is 11.4 Å². The third kappa shape index (κ3) is 6.46. The number of nitrogens with one attached hydrogen (secondary N) is 1. The van der Waals surface area contributed by atoms with Crippen molar-refractivity contribution in [2.75, 3.05) is 20.1 Å². The highest BCUT2D eigenvalue weighted by atomic mass is 79.9. The number of benzene rings is 2. The van der Waals surface area contributed by atoms with E-state index in [2.05, 4.69) is 60.6 Å². The monoisotopic (exact) mass is 516 g/mol. The summed E-state index contributed by atoms with van der Waals surface area (Å²) in [4.78, 5) is 36.9. The summed E-state index contributed by atoms with van der Waals surface area (Å²) in [5.74, 6) is -2.36. The molecule has 1 aliphatic heterocycles. The molecule has 1 amide bonds. The number of carbonyl (C=O) groups excluding carboxylic acids is 1. The van der Waals surface area contributed by atoms with Gasteiger partial charge in [-0.25, -0.2) is 9.59 Å². The van der Waals surface area contributed by atoms with Crippen molar-refractivity contribution in [1.29, 1.82) is 0 Å². The Labute approximate surface area is 197 Å². The lowest BCUT2D eigenvalue weighted by Crippen LogP contribution is -2.44. The second-order valence-electron chi connectivity index (χ2n) is 7.24. The van der Waals surface area contributed by atoms with Crippen LogP contribution in [0.1, 0.15) is 27.7 Å². The number of likely N-dealkylation sites (tertiary alicyclic amines) is 1. The van der Waals surface area contributed by atoms with Crippen LogP contribution in [0.3, 0.4) is 0 Å². The van der Waals surface area contributed by atoms with Crippen LogP contribution in [0, 0.1) is 0 Å². The fourth-order valence-corrected chi connectivity index (χ4v) is 3.43. The summed E-state index contributed by atoms with van der Waals surface area (Å²) in [5, 5.41) is 21.5. The van der Waals surface area contributed by atoms with Gasteiger partial charge in [-0.05, 0) is 29.8 Å². The molecule has 2 heterocycles. The van der Waals surface area contributed by atoms with E-state index in [1.165, 1.54) is 5.56 Å². The van der Waals surface area contributed by atoms with Gasteiger partial charge in [0.2, 0.25) is 11.7 Å². The van der Waals surface area contributed by atoms with Crippen molar-refractivity contribution in [3.63, 3.8) is 0 Å². The second-order valence-corrected chi connectivity index (χ2v) is 8.16. The highest BCUT2D eigenvalue weighted by Crippen LogP contribution is 2.29. The Morgan fingerprint density at radius 1 is 1.12 bits per heavy atom. The van der Waals surface area contributed by atoms with Crippen LogP contribution in [0.25, 0.3) is 11.4 Å². The highest BCUT2D eigenvalue weighted by molar-refractivity contribution is 9.10. The average molecular weight is 517 g/mol. The maximum absolute atomic E-state index is 11.8. The first kappa shape index (κ1) is 24.1. The van der Waals surface area contributed by atoms with Crippen LogP contribution in [0.2, 0.25) is 0 Å². The molecule has 3 N–H and O–H groups in total. The average Bonchev–Trinajstić information content (AvgIpc) is 3.26. The number of amides is 1. The van der Waals surface area contributed by atoms with Crippen molar-refractivity contribution in [1.82, 2.24) is 20.4 Å². The standard InChI is InChI=1S/C20H19BrN4O2.C2H2O4/c1-22-19(26)15-4-2-3-14(9-15)18-23-20(27-24-18)16-11-25(12-16)10-13-5-7-17(21)8-6-13;3-1(4)2(5)6/h2-9,16H,10-12H2,1H3,(H,22,26);(H,3,4)(H,5,6). The molecular weight excluding hydrogens is 496 g/mol. The fourth-order valence-electron chi connectivity index (χ4n) is 3.17. The zero-order valence-corrected chi connectivity index (χ0v) is 19.2. The first-order valence-electron chi connectivity index (χ1n) is 9.86. The van der Waals surface area contributed by atoms with Crippen molar-refractivity contribution < 1.29 is 29.1 Å². The molecule has 33 heavy (non-hydrogen) atoms. The smallest absolute Gasteiger partial charge is 0.414 e. The molecule has 0 radical (unpaired) electrons. The topological polar surface area (TPSA) is 146 Å². The number of hydrogen-bond donors (Lipinski definition) is 3. The van der Waals surface area contributed by atoms with E-state index in [-0.39, 0.29) is 11.8 Å². The number of carboxylic acid groups (broad SMARTS) is 2. The lowest BCUT2D eigenvalue weighted by atomic mass is 9.99. The quantitative estimate of drug-likeness (QED) is 0.435. The summed E-state index contributed by atoms with van der Waals surface area (Å²) < 4.78 is 6.56. The Kier molecular flexibility index (Phi) is 7.91. The van der Waals surface area contributed by atoms with Gasteiger partial charge in [0.05, 0.1) is 5.92 Å². The lowest BCUT2D eigenvalue weighted by Gasteiger charge is -2.37. The van der Waals surface area contributed by atoms with Gasteiger partial charge >= 0.3 is 11.9 Å². The van der Waals surface area contributed by atoms with Gasteiger partial charge in [-0.3, -0.25) is 9.69 Å². The third-order valence-electron chi connectivity index (χ3n) is 4.86. The molecule has 1 aliphatic rings. The Morgan fingerprint density at radius 3 is 2.39 bits per heavy atom. The first-order chi connectivity index (χ1) is 15.8. The maximum atomic E-state index is 11.8. The number of rotatable bonds is 5. The van der Waals surface area contributed by atoms with Gasteiger partial charge in [-0.1, -0.05) is 45.4 Å². The van der Waals surface area contributed by atoms with Crippen LogP contribution in [0.4, 0.5) is 0 Å². The summed E-state index contributed by atoms with van der Waals surface area (Å²) in [6, 6.07) is 15.6. The van der Waals surface area contributed by atoms with E-state index in [9.17, 15) is 4.79 Å². The molecular formula is C22H21BrN4O6. The molecule has 0 aliphatic carbocycles. The molecule has 4 rings (SSSR count). The van der Waals surface area contributed by atoms with Crippen LogP contribution in [-0.4, -0.2) is 63.2 Å². The van der Waals surface area contributed by atoms with E-state index in [1.807, 2.05) is 12.1 Å². The molecule has 0 unspecified atom stereocenters. The number of aromatic nitrogens is 2. The minimum absolute atomic E-state index is 0.136. The first-order valence-corrected chi connectivity index (χ1v) is 10.6. The van der Waals surface area contributed by atoms with Crippen LogP contribution in [0.5, 0.6) is 0 Å². The molecule has 0 spiro atoms. The zero-order valence-electron chi connectivity index (χ0n) is 17.6. The molecule has 0 bridgehead atoms. The molecule has 10 nitrogen and oxygen atoms in total. The Bertz CT molecular complexity index is 1130. The van der Waals surface area contributed by atoms with Gasteiger partial charge in [0.1, 0.15) is 0 Å². The van der Waals surface area contributed by atoms with Crippen molar-refractivity contribution in [3.05, 3.63) is 70.0 Å². The Morgan fingerprint density at radius 2 is 1.79 bits per heavy atom. The number of nitrogens with zero attached hydrogens (tertiary/aromatic N) is 3. The van der Waals surface area contributed by atoms with E-state index in [1.54, 1.807) is 19.2 Å². The van der Waals surface area contributed by atoms with Crippen LogP contribution in [0.15, 0.2) is 57.5 Å². The fraction of sp³-hybridized carbons (Fsp3) is 0.227. The molecule has 0 atom stereocenters. The van der Waals surface area contributed by atoms with E-state index < -0.39 is 11.9 Å². The number of halogens is 1. The van der Waals surface area contributed by atoms with E-state index in [0.29, 0.717) is 17.3 Å². The summed E-state index contributed by atoms with van der Waals surface area (Å²) in [7, 11) is 1.61. The predicted octanol–water partition coefficient (Wildman–Crippen LogP) is 2.61. The van der Waals surface area contributed by atoms with Gasteiger partial charge < -0.3 is 20.1 Å². The Balaban J connectivity index is 0.000000454. The van der Waals surface area contributed by atoms with Crippen LogP contribution >= 0.6 is 15.9 Å². The molecule has 0 saturated carbocycles. The van der Waals surface area contributed by atoms with Gasteiger partial charge in [0.15, 0.2) is 0 Å². The Hall–Kier alpha value is -3.57. The minimum Gasteiger partial charge on any atom is -0.473 e. The van der Waals surface area contributed by atoms with Crippen molar-refractivity contribution in [2.45, 2.75) is 12.5 Å². The SMILES string of the molecule is CNC(=O)c1cccc(-c2noc(C3CN(Cc4ccc(Br)cc4)C3)n2)c1.O=C(O)C(=O)O. The number of aliphatic carboxylic acids is 2. The zero-order chi connectivity index (χ0) is 24.0. The minimum atomic E-state index is -1.82.